The molecule has 2 unspecified atom stereocenters. The highest BCUT2D eigenvalue weighted by Gasteiger charge is 2.37. The highest BCUT2D eigenvalue weighted by molar-refractivity contribution is 6.30. The number of nitrogens with one attached hydrogen (secondary N) is 1. The Bertz CT molecular complexity index is 1070. The van der Waals surface area contributed by atoms with Gasteiger partial charge < -0.3 is 36.0 Å². The number of aliphatic carboxylic acids is 1. The van der Waals surface area contributed by atoms with Crippen LogP contribution in [0.15, 0.2) is 83.5 Å². The summed E-state index contributed by atoms with van der Waals surface area (Å²) < 4.78 is 0. The van der Waals surface area contributed by atoms with Crippen LogP contribution in [0.3, 0.4) is 0 Å². The smallest absolute Gasteiger partial charge is 0.306 e. The molecule has 1 saturated carbocycles. The second-order valence-corrected chi connectivity index (χ2v) is 11.3. The Kier molecular flexibility index (Phi) is 17.2. The fourth-order valence-corrected chi connectivity index (χ4v) is 4.35. The molecule has 9 nitrogen and oxygen atoms in total. The molecule has 0 aliphatic heterocycles. The Morgan fingerprint density at radius 2 is 1.50 bits per heavy atom. The molecule has 7 N–H and O–H groups in total. The second kappa shape index (κ2) is 19.4. The fraction of sp³-hybridized carbons (Fsp3) is 0.500. The molecule has 0 bridgehead atoms. The maximum absolute atomic E-state index is 12.0. The number of aliphatic hydroxyl groups is 5. The quantitative estimate of drug-likeness (QED) is 0.104. The number of halogens is 1. The van der Waals surface area contributed by atoms with Crippen LogP contribution in [-0.2, 0) is 9.59 Å². The molecule has 1 fully saturated rings. The van der Waals surface area contributed by atoms with E-state index in [9.17, 15) is 35.1 Å². The average Bonchev–Trinajstić information content (AvgIpc) is 3.29. The van der Waals surface area contributed by atoms with E-state index in [0.29, 0.717) is 5.92 Å². The van der Waals surface area contributed by atoms with E-state index >= 15 is 0 Å². The molecule has 234 valence electrons. The van der Waals surface area contributed by atoms with Crippen molar-refractivity contribution in [3.8, 4) is 0 Å². The van der Waals surface area contributed by atoms with E-state index < -0.39 is 60.3 Å². The Morgan fingerprint density at radius 1 is 0.881 bits per heavy atom. The van der Waals surface area contributed by atoms with Crippen molar-refractivity contribution >= 4 is 23.5 Å². The largest absolute Gasteiger partial charge is 0.481 e. The van der Waals surface area contributed by atoms with Gasteiger partial charge in [-0.2, -0.15) is 0 Å². The number of allylic oxidation sites excluding steroid dienone is 11. The molecule has 0 spiro atoms. The first-order chi connectivity index (χ1) is 19.7. The molecule has 0 radical (unpaired) electrons. The van der Waals surface area contributed by atoms with Gasteiger partial charge in [0.25, 0.3) is 0 Å². The van der Waals surface area contributed by atoms with E-state index in [1.54, 1.807) is 55.5 Å². The topological polar surface area (TPSA) is 168 Å². The summed E-state index contributed by atoms with van der Waals surface area (Å²) in [7, 11) is 0. The molecule has 42 heavy (non-hydrogen) atoms. The van der Waals surface area contributed by atoms with Gasteiger partial charge in [0, 0.05) is 23.4 Å². The summed E-state index contributed by atoms with van der Waals surface area (Å²) >= 11 is 6.29. The van der Waals surface area contributed by atoms with Crippen LogP contribution in [0, 0.1) is 17.8 Å². The lowest BCUT2D eigenvalue weighted by Gasteiger charge is -2.27. The van der Waals surface area contributed by atoms with E-state index in [0.717, 1.165) is 5.57 Å². The van der Waals surface area contributed by atoms with Crippen molar-refractivity contribution in [3.05, 3.63) is 83.5 Å². The third kappa shape index (κ3) is 14.4. The number of hydrogen-bond acceptors (Lipinski definition) is 7. The van der Waals surface area contributed by atoms with Gasteiger partial charge in [0.05, 0.1) is 36.4 Å². The van der Waals surface area contributed by atoms with E-state index in [4.69, 9.17) is 16.7 Å². The molecule has 1 aliphatic rings. The number of carbonyl (C=O) groups excluding carboxylic acids is 1. The summed E-state index contributed by atoms with van der Waals surface area (Å²) in [5, 5.41) is 63.0. The number of amides is 1. The predicted molar refractivity (Wildman–Crippen MR) is 164 cm³/mol. The first-order valence-electron chi connectivity index (χ1n) is 14.1. The lowest BCUT2D eigenvalue weighted by atomic mass is 9.93. The van der Waals surface area contributed by atoms with Gasteiger partial charge in [-0.25, -0.2) is 0 Å². The summed E-state index contributed by atoms with van der Waals surface area (Å²) in [6.07, 6.45) is 14.0. The zero-order valence-corrected chi connectivity index (χ0v) is 25.4. The highest BCUT2D eigenvalue weighted by atomic mass is 35.5. The van der Waals surface area contributed by atoms with Gasteiger partial charge in [0.15, 0.2) is 0 Å². The Morgan fingerprint density at radius 3 is 2.12 bits per heavy atom. The third-order valence-electron chi connectivity index (χ3n) is 6.76. The summed E-state index contributed by atoms with van der Waals surface area (Å²) in [6, 6.07) is -0.589. The van der Waals surface area contributed by atoms with Crippen molar-refractivity contribution in [1.29, 1.82) is 0 Å². The highest BCUT2D eigenvalue weighted by Crippen LogP contribution is 2.26. The monoisotopic (exact) mass is 607 g/mol. The maximum Gasteiger partial charge on any atom is 0.306 e. The molecule has 0 heterocycles. The predicted octanol–water partition coefficient (Wildman–Crippen LogP) is 3.30. The first kappa shape index (κ1) is 37.2. The van der Waals surface area contributed by atoms with Crippen LogP contribution in [0.4, 0.5) is 0 Å². The van der Waals surface area contributed by atoms with Crippen LogP contribution < -0.4 is 5.32 Å². The third-order valence-corrected chi connectivity index (χ3v) is 7.23. The number of rotatable bonds is 16. The van der Waals surface area contributed by atoms with Crippen LogP contribution in [0.25, 0.3) is 0 Å². The van der Waals surface area contributed by atoms with Crippen LogP contribution in [0.2, 0.25) is 0 Å². The van der Waals surface area contributed by atoms with Gasteiger partial charge in [-0.15, -0.1) is 0 Å². The molecule has 8 atom stereocenters. The lowest BCUT2D eigenvalue weighted by Crippen LogP contribution is -2.42. The number of aliphatic hydroxyl groups excluding tert-OH is 5. The van der Waals surface area contributed by atoms with Gasteiger partial charge in [-0.3, -0.25) is 9.59 Å². The maximum atomic E-state index is 12.0. The average molecular weight is 608 g/mol. The number of carbonyl (C=O) groups is 2. The number of carboxylic acids is 1. The standard InChI is InChI=1S/C32H46ClNO8/c1-20(2)11-5-8-14-24(35)19-28(37)31(40)30(39)22(4)25(33)15-9-6-12-21(3)13-7-10-16-29(38)34-26-17-23(32(41)42)18-27(26)36/h5-16,20,22-24,26-28,30-31,35-37,39-40H,17-19H2,1-4H3,(H,34,38)(H,41,42)/b9-6+,11-5+,13-7+,14-8+,16-10+,21-12+,25-15-/t22-,23?,24+,26-,27?,28-,30-,31-/m1/s1. The minimum absolute atomic E-state index is 0.118. The Hall–Kier alpha value is -2.79. The zero-order chi connectivity index (χ0) is 31.8. The van der Waals surface area contributed by atoms with Crippen molar-refractivity contribution in [2.75, 3.05) is 0 Å². The van der Waals surface area contributed by atoms with E-state index in [1.807, 2.05) is 26.8 Å². The molecule has 0 aromatic rings. The van der Waals surface area contributed by atoms with E-state index in [-0.39, 0.29) is 24.3 Å². The SMILES string of the molecule is CC(/C=C/C=C/C(=O)N[C@@H]1CC(C(=O)O)CC1O)=C\C=C\C=C(/Cl)[C@@H](C)[C@@H](O)[C@H](O)[C@H](O)C[C@@H](O)/C=C/C=C/C(C)C. The molecule has 0 aromatic carbocycles. The van der Waals surface area contributed by atoms with Gasteiger partial charge >= 0.3 is 5.97 Å². The summed E-state index contributed by atoms with van der Waals surface area (Å²) in [4.78, 5) is 23.1. The van der Waals surface area contributed by atoms with Crippen LogP contribution in [-0.4, -0.2) is 79.1 Å². The molecular formula is C32H46ClNO8. The van der Waals surface area contributed by atoms with Gasteiger partial charge in [0.1, 0.15) is 6.10 Å². The minimum atomic E-state index is -1.51. The summed E-state index contributed by atoms with van der Waals surface area (Å²) in [5.41, 5.74) is 0.857. The normalized spacial score (nSPS) is 24.4. The molecule has 1 aliphatic carbocycles. The van der Waals surface area contributed by atoms with Gasteiger partial charge in [0.2, 0.25) is 5.91 Å². The number of carboxylic acid groups (broad SMARTS) is 1. The second-order valence-electron chi connectivity index (χ2n) is 10.9. The molecule has 1 rings (SSSR count). The van der Waals surface area contributed by atoms with E-state index in [1.165, 1.54) is 18.2 Å². The zero-order valence-electron chi connectivity index (χ0n) is 24.6. The Labute approximate surface area is 253 Å². The lowest BCUT2D eigenvalue weighted by molar-refractivity contribution is -0.141. The van der Waals surface area contributed by atoms with Crippen molar-refractivity contribution in [2.45, 2.75) is 83.5 Å². The van der Waals surface area contributed by atoms with Gasteiger partial charge in [-0.05, 0) is 31.8 Å². The van der Waals surface area contributed by atoms with Crippen molar-refractivity contribution < 1.29 is 40.2 Å². The first-order valence-corrected chi connectivity index (χ1v) is 14.4. The fourth-order valence-electron chi connectivity index (χ4n) is 4.15. The van der Waals surface area contributed by atoms with Crippen LogP contribution in [0.5, 0.6) is 0 Å². The molecular weight excluding hydrogens is 562 g/mol. The van der Waals surface area contributed by atoms with Crippen LogP contribution in [0.1, 0.15) is 47.0 Å². The number of hydrogen-bond donors (Lipinski definition) is 7. The molecule has 10 heteroatoms. The van der Waals surface area contributed by atoms with Crippen molar-refractivity contribution in [2.24, 2.45) is 17.8 Å². The minimum Gasteiger partial charge on any atom is -0.481 e. The molecule has 1 amide bonds. The molecule has 0 saturated heterocycles. The van der Waals surface area contributed by atoms with Crippen molar-refractivity contribution in [3.63, 3.8) is 0 Å². The van der Waals surface area contributed by atoms with E-state index in [2.05, 4.69) is 5.32 Å². The van der Waals surface area contributed by atoms with Crippen LogP contribution >= 0.6 is 11.6 Å². The van der Waals surface area contributed by atoms with Crippen molar-refractivity contribution in [1.82, 2.24) is 5.32 Å². The molecule has 0 aromatic heterocycles. The van der Waals surface area contributed by atoms with Gasteiger partial charge in [-0.1, -0.05) is 98.7 Å². The summed E-state index contributed by atoms with van der Waals surface area (Å²) in [6.45, 7) is 7.50. The Balaban J connectivity index is 2.55. The summed E-state index contributed by atoms with van der Waals surface area (Å²) in [5.74, 6) is -2.38.